The third kappa shape index (κ3) is 3.27. The van der Waals surface area contributed by atoms with Gasteiger partial charge in [0.2, 0.25) is 5.91 Å². The first kappa shape index (κ1) is 9.60. The molecule has 0 radical (unpaired) electrons. The molecule has 0 aromatic carbocycles. The third-order valence-electron chi connectivity index (χ3n) is 1.15. The van der Waals surface area contributed by atoms with E-state index in [4.69, 9.17) is 0 Å². The molecule has 0 unspecified atom stereocenters. The van der Waals surface area contributed by atoms with Gasteiger partial charge in [0.1, 0.15) is 5.01 Å². The molecule has 0 aliphatic rings. The van der Waals surface area contributed by atoms with Crippen molar-refractivity contribution in [3.05, 3.63) is 8.92 Å². The molecule has 0 saturated heterocycles. The normalized spacial score (nSPS) is 9.83. The number of hydrogen-bond acceptors (Lipinski definition) is 4. The molecule has 0 saturated carbocycles. The average molecular weight is 250 g/mol. The van der Waals surface area contributed by atoms with Gasteiger partial charge >= 0.3 is 0 Å². The van der Waals surface area contributed by atoms with Crippen LogP contribution in [0.4, 0.5) is 0 Å². The van der Waals surface area contributed by atoms with Crippen molar-refractivity contribution in [2.75, 3.05) is 6.54 Å². The van der Waals surface area contributed by atoms with Gasteiger partial charge in [-0.1, -0.05) is 11.3 Å². The molecule has 12 heavy (non-hydrogen) atoms. The highest BCUT2D eigenvalue weighted by Crippen LogP contribution is 2.15. The van der Waals surface area contributed by atoms with Crippen LogP contribution in [-0.2, 0) is 11.2 Å². The van der Waals surface area contributed by atoms with Gasteiger partial charge in [0.25, 0.3) is 0 Å². The van der Waals surface area contributed by atoms with Crippen LogP contribution in [-0.4, -0.2) is 22.6 Å². The zero-order valence-electron chi connectivity index (χ0n) is 6.50. The maximum absolute atomic E-state index is 10.5. The molecule has 0 fully saturated rings. The summed E-state index contributed by atoms with van der Waals surface area (Å²) in [6, 6.07) is 0. The Bertz CT molecular complexity index is 276. The Hall–Kier alpha value is -0.490. The summed E-state index contributed by atoms with van der Waals surface area (Å²) < 4.78 is 0.778. The predicted molar refractivity (Wildman–Crippen MR) is 50.0 cm³/mol. The van der Waals surface area contributed by atoms with Crippen molar-refractivity contribution in [2.24, 2.45) is 0 Å². The number of aromatic nitrogens is 2. The van der Waals surface area contributed by atoms with Gasteiger partial charge < -0.3 is 5.32 Å². The zero-order valence-corrected chi connectivity index (χ0v) is 8.91. The van der Waals surface area contributed by atoms with Crippen LogP contribution in [0.1, 0.15) is 11.9 Å². The van der Waals surface area contributed by atoms with Gasteiger partial charge in [-0.3, -0.25) is 4.79 Å². The number of halogens is 1. The summed E-state index contributed by atoms with van der Waals surface area (Å²) in [6.45, 7) is 2.12. The minimum atomic E-state index is -0.0152. The van der Waals surface area contributed by atoms with E-state index in [-0.39, 0.29) is 5.91 Å². The summed E-state index contributed by atoms with van der Waals surface area (Å²) in [7, 11) is 0. The quantitative estimate of drug-likeness (QED) is 0.869. The van der Waals surface area contributed by atoms with Crippen LogP contribution in [0.2, 0.25) is 0 Å². The molecule has 1 heterocycles. The highest BCUT2D eigenvalue weighted by atomic mass is 79.9. The number of carbonyl (C=O) groups excluding carboxylic acids is 1. The summed E-state index contributed by atoms with van der Waals surface area (Å²) in [6.07, 6.45) is 0.739. The van der Waals surface area contributed by atoms with Crippen molar-refractivity contribution < 1.29 is 4.79 Å². The van der Waals surface area contributed by atoms with Crippen LogP contribution < -0.4 is 5.32 Å². The Balaban J connectivity index is 2.29. The Labute approximate surface area is 82.5 Å². The number of carbonyl (C=O) groups is 1. The lowest BCUT2D eigenvalue weighted by molar-refractivity contribution is -0.118. The SMILES string of the molecule is CC(=O)NCCc1nnc(Br)s1. The molecule has 1 aromatic rings. The second-order valence-electron chi connectivity index (χ2n) is 2.18. The van der Waals surface area contributed by atoms with Crippen molar-refractivity contribution in [1.29, 1.82) is 0 Å². The lowest BCUT2D eigenvalue weighted by Gasteiger charge is -1.96. The molecule has 0 bridgehead atoms. The van der Waals surface area contributed by atoms with Crippen LogP contribution in [0.15, 0.2) is 3.92 Å². The highest BCUT2D eigenvalue weighted by Gasteiger charge is 2.00. The van der Waals surface area contributed by atoms with E-state index in [2.05, 4.69) is 31.4 Å². The number of nitrogens with zero attached hydrogens (tertiary/aromatic N) is 2. The number of rotatable bonds is 3. The lowest BCUT2D eigenvalue weighted by Crippen LogP contribution is -2.22. The van der Waals surface area contributed by atoms with E-state index < -0.39 is 0 Å². The lowest BCUT2D eigenvalue weighted by atomic mass is 10.4. The predicted octanol–water partition coefficient (Wildman–Crippen LogP) is 0.979. The highest BCUT2D eigenvalue weighted by molar-refractivity contribution is 9.11. The summed E-state index contributed by atoms with van der Waals surface area (Å²) in [5.74, 6) is -0.0152. The maximum atomic E-state index is 10.5. The van der Waals surface area contributed by atoms with E-state index in [0.717, 1.165) is 15.3 Å². The van der Waals surface area contributed by atoms with E-state index in [9.17, 15) is 4.79 Å². The van der Waals surface area contributed by atoms with Crippen LogP contribution in [0.5, 0.6) is 0 Å². The van der Waals surface area contributed by atoms with E-state index in [1.807, 2.05) is 0 Å². The molecular weight excluding hydrogens is 242 g/mol. The van der Waals surface area contributed by atoms with Crippen LogP contribution in [0.3, 0.4) is 0 Å². The first-order chi connectivity index (χ1) is 5.68. The summed E-state index contributed by atoms with van der Waals surface area (Å²) in [5, 5.41) is 11.3. The second kappa shape index (κ2) is 4.51. The Morgan fingerprint density at radius 1 is 1.67 bits per heavy atom. The number of hydrogen-bond donors (Lipinski definition) is 1. The summed E-state index contributed by atoms with van der Waals surface area (Å²) in [5.41, 5.74) is 0. The Morgan fingerprint density at radius 3 is 2.92 bits per heavy atom. The molecule has 1 rings (SSSR count). The van der Waals surface area contributed by atoms with Gasteiger partial charge in [0, 0.05) is 19.9 Å². The van der Waals surface area contributed by atoms with Gasteiger partial charge in [-0.25, -0.2) is 0 Å². The van der Waals surface area contributed by atoms with E-state index in [1.165, 1.54) is 18.3 Å². The molecule has 1 aromatic heterocycles. The van der Waals surface area contributed by atoms with Crippen molar-refractivity contribution in [2.45, 2.75) is 13.3 Å². The second-order valence-corrected chi connectivity index (χ2v) is 4.52. The monoisotopic (exact) mass is 249 g/mol. The Kier molecular flexibility index (Phi) is 3.61. The molecule has 0 spiro atoms. The van der Waals surface area contributed by atoms with Gasteiger partial charge in [0.15, 0.2) is 3.92 Å². The summed E-state index contributed by atoms with van der Waals surface area (Å²) >= 11 is 4.69. The van der Waals surface area contributed by atoms with Crippen LogP contribution in [0.25, 0.3) is 0 Å². The van der Waals surface area contributed by atoms with Gasteiger partial charge in [-0.15, -0.1) is 10.2 Å². The minimum absolute atomic E-state index is 0.0152. The first-order valence-electron chi connectivity index (χ1n) is 3.41. The fourth-order valence-corrected chi connectivity index (χ4v) is 1.88. The molecule has 66 valence electrons. The maximum Gasteiger partial charge on any atom is 0.216 e. The average Bonchev–Trinajstić information content (AvgIpc) is 2.35. The molecule has 1 amide bonds. The topological polar surface area (TPSA) is 54.9 Å². The standard InChI is InChI=1S/C6H8BrN3OS/c1-4(11)8-3-2-5-9-10-6(7)12-5/h2-3H2,1H3,(H,8,11). The number of amides is 1. The first-order valence-corrected chi connectivity index (χ1v) is 5.02. The van der Waals surface area contributed by atoms with Crippen molar-refractivity contribution in [3.8, 4) is 0 Å². The van der Waals surface area contributed by atoms with Crippen LogP contribution in [0, 0.1) is 0 Å². The van der Waals surface area contributed by atoms with Crippen molar-refractivity contribution >= 4 is 33.2 Å². The smallest absolute Gasteiger partial charge is 0.216 e. The van der Waals surface area contributed by atoms with Gasteiger partial charge in [-0.05, 0) is 15.9 Å². The Morgan fingerprint density at radius 2 is 2.42 bits per heavy atom. The fraction of sp³-hybridized carbons (Fsp3) is 0.500. The number of nitrogens with one attached hydrogen (secondary N) is 1. The van der Waals surface area contributed by atoms with Crippen molar-refractivity contribution in [3.63, 3.8) is 0 Å². The van der Waals surface area contributed by atoms with Crippen molar-refractivity contribution in [1.82, 2.24) is 15.5 Å². The van der Waals surface area contributed by atoms with E-state index in [1.54, 1.807) is 0 Å². The third-order valence-corrected chi connectivity index (χ3v) is 2.57. The summed E-state index contributed by atoms with van der Waals surface area (Å²) in [4.78, 5) is 10.5. The molecule has 6 heteroatoms. The molecule has 4 nitrogen and oxygen atoms in total. The van der Waals surface area contributed by atoms with Crippen LogP contribution >= 0.6 is 27.3 Å². The zero-order chi connectivity index (χ0) is 8.97. The fourth-order valence-electron chi connectivity index (χ4n) is 0.680. The van der Waals surface area contributed by atoms with E-state index >= 15 is 0 Å². The molecular formula is C6H8BrN3OS. The largest absolute Gasteiger partial charge is 0.356 e. The molecule has 0 aliphatic carbocycles. The van der Waals surface area contributed by atoms with Gasteiger partial charge in [0.05, 0.1) is 0 Å². The molecule has 0 aliphatic heterocycles. The minimum Gasteiger partial charge on any atom is -0.356 e. The van der Waals surface area contributed by atoms with Gasteiger partial charge in [-0.2, -0.15) is 0 Å². The molecule has 0 atom stereocenters. The van der Waals surface area contributed by atoms with E-state index in [0.29, 0.717) is 6.54 Å². The molecule has 1 N–H and O–H groups in total.